The number of β-lactam (4-membered cyclic amide) rings is 1. The Morgan fingerprint density at radius 2 is 1.49 bits per heavy atom. The van der Waals surface area contributed by atoms with Crippen molar-refractivity contribution in [1.29, 1.82) is 0 Å². The molecule has 16 nitrogen and oxygen atoms in total. The van der Waals surface area contributed by atoms with Crippen LogP contribution in [0.1, 0.15) is 45.2 Å². The van der Waals surface area contributed by atoms with Crippen molar-refractivity contribution in [2.24, 2.45) is 5.16 Å². The number of nitrogens with zero attached hydrogens (tertiary/aromatic N) is 5. The summed E-state index contributed by atoms with van der Waals surface area (Å²) >= 11 is 4.29. The molecule has 0 radical (unpaired) electrons. The molecule has 2 fully saturated rings. The Morgan fingerprint density at radius 3 is 2.09 bits per heavy atom. The van der Waals surface area contributed by atoms with Gasteiger partial charge in [-0.2, -0.15) is 0 Å². The summed E-state index contributed by atoms with van der Waals surface area (Å²) in [4.78, 5) is 86.0. The van der Waals surface area contributed by atoms with Crippen molar-refractivity contribution in [3.8, 4) is 5.75 Å². The zero-order valence-corrected chi connectivity index (χ0v) is 47.0. The number of hydrogen-bond acceptors (Lipinski definition) is 18. The highest BCUT2D eigenvalue weighted by atomic mass is 32.2. The molecule has 5 heterocycles. The fourth-order valence-electron chi connectivity index (χ4n) is 9.79. The number of esters is 2. The van der Waals surface area contributed by atoms with E-state index in [9.17, 15) is 24.0 Å². The van der Waals surface area contributed by atoms with Gasteiger partial charge in [0.15, 0.2) is 16.7 Å². The molecule has 0 aliphatic carbocycles. The Hall–Kier alpha value is -7.63. The van der Waals surface area contributed by atoms with Gasteiger partial charge in [-0.25, -0.2) is 23.4 Å². The zero-order chi connectivity index (χ0) is 56.1. The van der Waals surface area contributed by atoms with Gasteiger partial charge < -0.3 is 39.5 Å². The van der Waals surface area contributed by atoms with Gasteiger partial charge in [-0.1, -0.05) is 108 Å². The third kappa shape index (κ3) is 11.0. The number of ether oxygens (including phenoxy) is 3. The molecule has 10 rings (SSSR count). The Bertz CT molecular complexity index is 3490. The predicted octanol–water partition coefficient (Wildman–Crippen LogP) is 8.88. The summed E-state index contributed by atoms with van der Waals surface area (Å²) in [6, 6.07) is 36.5. The van der Waals surface area contributed by atoms with Crippen LogP contribution in [0.5, 0.6) is 5.75 Å². The first-order chi connectivity index (χ1) is 38.8. The first-order valence-corrected chi connectivity index (χ1v) is 29.1. The lowest BCUT2D eigenvalue weighted by atomic mass is 9.77. The third-order valence-corrected chi connectivity index (χ3v) is 18.5. The maximum absolute atomic E-state index is 16.7. The van der Waals surface area contributed by atoms with E-state index in [1.165, 1.54) is 42.2 Å². The number of carbonyl (C=O) groups is 4. The van der Waals surface area contributed by atoms with Crippen LogP contribution in [0.2, 0.25) is 0 Å². The number of aromatic nitrogens is 1. The maximum Gasteiger partial charge on any atom is 0.355 e. The number of thioether (sulfide) groups is 2. The molecule has 80 heavy (non-hydrogen) atoms. The summed E-state index contributed by atoms with van der Waals surface area (Å²) < 4.78 is 48.8. The molecule has 3 aliphatic rings. The third-order valence-electron chi connectivity index (χ3n) is 13.8. The second-order valence-electron chi connectivity index (χ2n) is 18.7. The normalized spacial score (nSPS) is 16.7. The number of nitrogens with one attached hydrogen (secondary N) is 2. The van der Waals surface area contributed by atoms with Crippen LogP contribution in [0.25, 0.3) is 10.1 Å². The topological polar surface area (TPSA) is 181 Å². The van der Waals surface area contributed by atoms with E-state index in [2.05, 4.69) is 15.8 Å². The number of benzene rings is 5. The van der Waals surface area contributed by atoms with Crippen molar-refractivity contribution in [2.75, 3.05) is 75.8 Å². The summed E-state index contributed by atoms with van der Waals surface area (Å²) in [5, 5.41) is 11.6. The van der Waals surface area contributed by atoms with Gasteiger partial charge in [0.25, 0.3) is 11.8 Å². The Morgan fingerprint density at radius 1 is 0.850 bits per heavy atom. The van der Waals surface area contributed by atoms with Gasteiger partial charge in [-0.3, -0.25) is 19.3 Å². The number of likely N-dealkylation sites (N-methyl/N-ethyl adjacent to an activating group) is 1. The van der Waals surface area contributed by atoms with E-state index in [1.807, 2.05) is 103 Å². The first-order valence-electron chi connectivity index (χ1n) is 25.4. The molecular formula is C58H53F2N7O9S4. The van der Waals surface area contributed by atoms with E-state index in [0.29, 0.717) is 48.2 Å². The molecular weight excluding hydrogens is 1100 g/mol. The molecule has 2 atom stereocenters. The first kappa shape index (κ1) is 55.7. The lowest BCUT2D eigenvalue weighted by molar-refractivity contribution is -0.153. The van der Waals surface area contributed by atoms with Crippen molar-refractivity contribution >= 4 is 96.6 Å². The molecule has 2 N–H and O–H groups in total. The van der Waals surface area contributed by atoms with E-state index < -0.39 is 63.3 Å². The standard InChI is InChI=1S/C58H53F2N7O9S4/c1-5-75-54(71)43-49(68)40-29-41(59)48(66-27-25-65(2)26-28-66)44(60)50(40)80-56(43)78-32-35-31-77-53-46(52(70)67(53)47(35)55(72)76-30-34-21-23-39(73-3)24-22-34)62-51(69)45(64-74-4)42-33-79-57(61-42)63-58(36-15-9-6-10-16-36,37-17-11-7-12-18-37)38-19-13-8-14-20-38/h6-24,29,33,46,53H,5,25-28,30-32H2,1-4H3,(H,61,63)(H,62,69)/b64-45-/t46?,53-/m0/s1. The van der Waals surface area contributed by atoms with Gasteiger partial charge >= 0.3 is 11.9 Å². The minimum atomic E-state index is -1.15. The minimum absolute atomic E-state index is 0.0673. The number of hydrogen-bond donors (Lipinski definition) is 2. The Labute approximate surface area is 475 Å². The van der Waals surface area contributed by atoms with Crippen molar-refractivity contribution in [3.05, 3.63) is 193 Å². The number of halogens is 2. The minimum Gasteiger partial charge on any atom is -0.497 e. The summed E-state index contributed by atoms with van der Waals surface area (Å²) in [5.74, 6) is -4.45. The van der Waals surface area contributed by atoms with Gasteiger partial charge in [0.05, 0.1) is 22.6 Å². The zero-order valence-electron chi connectivity index (χ0n) is 43.7. The molecule has 5 aromatic carbocycles. The van der Waals surface area contributed by atoms with Crippen LogP contribution < -0.4 is 25.7 Å². The van der Waals surface area contributed by atoms with Gasteiger partial charge in [0.1, 0.15) is 64.9 Å². The van der Waals surface area contributed by atoms with Crippen LogP contribution in [-0.4, -0.2) is 121 Å². The second-order valence-corrected chi connectivity index (χ2v) is 22.9. The summed E-state index contributed by atoms with van der Waals surface area (Å²) in [6.07, 6.45) is 0. The van der Waals surface area contributed by atoms with Gasteiger partial charge in [-0.05, 0) is 60.0 Å². The average Bonchev–Trinajstić information content (AvgIpc) is 3.39. The molecule has 2 amide bonds. The largest absolute Gasteiger partial charge is 0.497 e. The lowest BCUT2D eigenvalue weighted by Crippen LogP contribution is -2.71. The predicted molar refractivity (Wildman–Crippen MR) is 308 cm³/mol. The highest BCUT2D eigenvalue weighted by Crippen LogP contribution is 2.45. The molecule has 3 aliphatic heterocycles. The van der Waals surface area contributed by atoms with Gasteiger partial charge in [0.2, 0.25) is 5.43 Å². The van der Waals surface area contributed by atoms with E-state index in [-0.39, 0.29) is 61.8 Å². The molecule has 0 bridgehead atoms. The molecule has 7 aromatic rings. The summed E-state index contributed by atoms with van der Waals surface area (Å²) in [5.41, 5.74) is 1.18. The molecule has 22 heteroatoms. The SMILES string of the molecule is CCOC(=O)c1c(SCC2=C(C(=O)OCc3ccc(OC)cc3)N3C(=O)C(NC(=O)/C(=N\OC)c4csc(NC(c5ccccc5)(c5ccccc5)c5ccccc5)n4)[C@@H]3SC2)sc2c(F)c(N3CCN(C)CC3)c(F)cc2c1=O. The summed E-state index contributed by atoms with van der Waals surface area (Å²) in [7, 11) is 4.74. The number of fused-ring (bicyclic) bond motifs is 2. The lowest BCUT2D eigenvalue weighted by Gasteiger charge is -2.49. The van der Waals surface area contributed by atoms with E-state index in [4.69, 9.17) is 24.0 Å². The quantitative estimate of drug-likeness (QED) is 0.0196. The average molecular weight is 1160 g/mol. The fourth-order valence-corrected chi connectivity index (χ4v) is 14.5. The smallest absolute Gasteiger partial charge is 0.355 e. The van der Waals surface area contributed by atoms with Crippen molar-refractivity contribution in [3.63, 3.8) is 0 Å². The number of anilines is 2. The van der Waals surface area contributed by atoms with Crippen molar-refractivity contribution in [2.45, 2.75) is 34.7 Å². The summed E-state index contributed by atoms with van der Waals surface area (Å²) in [6.45, 7) is 3.14. The highest BCUT2D eigenvalue weighted by Gasteiger charge is 2.55. The maximum atomic E-state index is 16.7. The number of amides is 2. The van der Waals surface area contributed by atoms with Crippen LogP contribution in [0.15, 0.2) is 152 Å². The number of piperazine rings is 1. The number of methoxy groups -OCH3 is 1. The molecule has 0 spiro atoms. The van der Waals surface area contributed by atoms with E-state index in [1.54, 1.807) is 41.5 Å². The van der Waals surface area contributed by atoms with Gasteiger partial charge in [-0.15, -0.1) is 46.2 Å². The van der Waals surface area contributed by atoms with Crippen LogP contribution in [0.3, 0.4) is 0 Å². The second kappa shape index (κ2) is 24.4. The molecule has 0 saturated carbocycles. The monoisotopic (exact) mass is 1160 g/mol. The van der Waals surface area contributed by atoms with Crippen molar-refractivity contribution in [1.82, 2.24) is 20.1 Å². The Balaban J connectivity index is 0.941. The fraction of sp³-hybridized carbons (Fsp3) is 0.259. The van der Waals surface area contributed by atoms with Crippen molar-refractivity contribution < 1.29 is 47.0 Å². The van der Waals surface area contributed by atoms with E-state index in [0.717, 1.165) is 45.9 Å². The number of oxime groups is 1. The number of thiazole rings is 1. The number of rotatable bonds is 19. The number of carbonyl (C=O) groups excluding carboxylic acids is 4. The van der Waals surface area contributed by atoms with Crippen LogP contribution >= 0.6 is 46.2 Å². The van der Waals surface area contributed by atoms with Crippen LogP contribution in [-0.2, 0) is 40.8 Å². The van der Waals surface area contributed by atoms with Crippen LogP contribution in [0, 0.1) is 11.6 Å². The van der Waals surface area contributed by atoms with Crippen LogP contribution in [0.4, 0.5) is 19.6 Å². The van der Waals surface area contributed by atoms with E-state index >= 15 is 8.78 Å². The molecule has 2 aromatic heterocycles. The molecule has 1 unspecified atom stereocenters. The van der Waals surface area contributed by atoms with Gasteiger partial charge in [0, 0.05) is 48.5 Å². The molecule has 2 saturated heterocycles. The highest BCUT2D eigenvalue weighted by molar-refractivity contribution is 8.02. The molecule has 412 valence electrons. The Kier molecular flexibility index (Phi) is 17.0.